The molecule has 3 nitrogen and oxygen atoms in total. The first-order valence-electron chi connectivity index (χ1n) is 6.57. The zero-order valence-electron chi connectivity index (χ0n) is 11.7. The van der Waals surface area contributed by atoms with E-state index in [9.17, 15) is 8.78 Å². The van der Waals surface area contributed by atoms with Gasteiger partial charge in [-0.25, -0.2) is 13.8 Å². The molecule has 20 heavy (non-hydrogen) atoms. The van der Waals surface area contributed by atoms with Gasteiger partial charge in [0.15, 0.2) is 5.82 Å². The van der Waals surface area contributed by atoms with Crippen LogP contribution < -0.4 is 0 Å². The van der Waals surface area contributed by atoms with Crippen LogP contribution in [0, 0.1) is 11.6 Å². The molecule has 0 aliphatic carbocycles. The molecule has 2 aromatic rings. The van der Waals surface area contributed by atoms with Gasteiger partial charge in [0.05, 0.1) is 5.52 Å². The number of hydrogen-bond acceptors (Lipinski definition) is 2. The van der Waals surface area contributed by atoms with E-state index in [2.05, 4.69) is 9.88 Å². The fourth-order valence-electron chi connectivity index (χ4n) is 2.27. The molecule has 2 rings (SSSR count). The monoisotopic (exact) mass is 301 g/mol. The Balaban J connectivity index is 2.39. The van der Waals surface area contributed by atoms with E-state index in [0.29, 0.717) is 30.2 Å². The van der Waals surface area contributed by atoms with Gasteiger partial charge in [-0.2, -0.15) is 0 Å². The Hall–Kier alpha value is -1.20. The minimum absolute atomic E-state index is 0.219. The topological polar surface area (TPSA) is 21.1 Å². The van der Waals surface area contributed by atoms with E-state index < -0.39 is 11.6 Å². The Bertz CT molecular complexity index is 596. The lowest BCUT2D eigenvalue weighted by Crippen LogP contribution is -2.16. The number of fused-ring (bicyclic) bond motifs is 1. The summed E-state index contributed by atoms with van der Waals surface area (Å²) >= 11 is 5.76. The quantitative estimate of drug-likeness (QED) is 0.765. The molecular weight excluding hydrogens is 284 g/mol. The van der Waals surface area contributed by atoms with Gasteiger partial charge in [-0.1, -0.05) is 0 Å². The Morgan fingerprint density at radius 3 is 2.70 bits per heavy atom. The molecule has 0 aliphatic rings. The summed E-state index contributed by atoms with van der Waals surface area (Å²) in [6.07, 6.45) is 1.42. The number of aromatic nitrogens is 2. The lowest BCUT2D eigenvalue weighted by molar-refractivity contribution is 0.386. The fraction of sp³-hybridized carbons (Fsp3) is 0.500. The minimum Gasteiger partial charge on any atom is -0.328 e. The highest BCUT2D eigenvalue weighted by molar-refractivity contribution is 6.17. The molecule has 0 saturated carbocycles. The molecule has 0 spiro atoms. The summed E-state index contributed by atoms with van der Waals surface area (Å²) in [7, 11) is 3.98. The molecule has 0 atom stereocenters. The highest BCUT2D eigenvalue weighted by Crippen LogP contribution is 2.22. The van der Waals surface area contributed by atoms with Crippen molar-refractivity contribution in [1.82, 2.24) is 14.5 Å². The Labute approximate surface area is 122 Å². The maximum atomic E-state index is 13.8. The number of halogens is 3. The molecule has 0 fully saturated rings. The Kier molecular flexibility index (Phi) is 4.94. The molecule has 0 bridgehead atoms. The second-order valence-corrected chi connectivity index (χ2v) is 5.41. The van der Waals surface area contributed by atoms with Gasteiger partial charge < -0.3 is 9.47 Å². The van der Waals surface area contributed by atoms with Crippen molar-refractivity contribution in [2.24, 2.45) is 0 Å². The van der Waals surface area contributed by atoms with Crippen molar-refractivity contribution in [3.05, 3.63) is 29.6 Å². The minimum atomic E-state index is -0.623. The standard InChI is InChI=1S/C14H18ClF2N3/c1-19(2)6-3-7-20-12-9-10(16)8-11(17)14(12)18-13(20)4-5-15/h8-9H,3-7H2,1-2H3. The summed E-state index contributed by atoms with van der Waals surface area (Å²) in [5.41, 5.74) is 0.720. The largest absolute Gasteiger partial charge is 0.328 e. The molecule has 1 heterocycles. The van der Waals surface area contributed by atoms with Crippen LogP contribution >= 0.6 is 11.6 Å². The number of hydrogen-bond donors (Lipinski definition) is 0. The average Bonchev–Trinajstić information content (AvgIpc) is 2.68. The molecule has 0 aliphatic heterocycles. The lowest BCUT2D eigenvalue weighted by Gasteiger charge is -2.12. The van der Waals surface area contributed by atoms with Crippen molar-refractivity contribution in [3.8, 4) is 0 Å². The third-order valence-electron chi connectivity index (χ3n) is 3.16. The molecule has 1 aromatic carbocycles. The first kappa shape index (κ1) is 15.2. The van der Waals surface area contributed by atoms with Gasteiger partial charge in [0.1, 0.15) is 17.2 Å². The molecule has 0 amide bonds. The number of nitrogens with zero attached hydrogens (tertiary/aromatic N) is 3. The maximum Gasteiger partial charge on any atom is 0.153 e. The number of aryl methyl sites for hydroxylation is 2. The van der Waals surface area contributed by atoms with Gasteiger partial charge in [-0.3, -0.25) is 0 Å². The van der Waals surface area contributed by atoms with Gasteiger partial charge in [0.25, 0.3) is 0 Å². The van der Waals surface area contributed by atoms with Crippen molar-refractivity contribution >= 4 is 22.6 Å². The summed E-state index contributed by atoms with van der Waals surface area (Å²) in [4.78, 5) is 6.34. The summed E-state index contributed by atoms with van der Waals surface area (Å²) in [6.45, 7) is 1.57. The second kappa shape index (κ2) is 6.50. The lowest BCUT2D eigenvalue weighted by atomic mass is 10.3. The van der Waals surface area contributed by atoms with Crippen LogP contribution in [0.1, 0.15) is 12.2 Å². The zero-order valence-corrected chi connectivity index (χ0v) is 12.4. The van der Waals surface area contributed by atoms with Crippen LogP contribution in [0.3, 0.4) is 0 Å². The molecule has 0 radical (unpaired) electrons. The van der Waals surface area contributed by atoms with E-state index in [1.165, 1.54) is 6.07 Å². The summed E-state index contributed by atoms with van der Waals surface area (Å²) in [5.74, 6) is -0.0946. The van der Waals surface area contributed by atoms with E-state index >= 15 is 0 Å². The van der Waals surface area contributed by atoms with Crippen LogP contribution in [0.25, 0.3) is 11.0 Å². The van der Waals surface area contributed by atoms with E-state index in [4.69, 9.17) is 11.6 Å². The van der Waals surface area contributed by atoms with Crippen molar-refractivity contribution < 1.29 is 8.78 Å². The zero-order chi connectivity index (χ0) is 14.7. The van der Waals surface area contributed by atoms with E-state index in [0.717, 1.165) is 19.0 Å². The van der Waals surface area contributed by atoms with E-state index in [-0.39, 0.29) is 5.52 Å². The molecule has 110 valence electrons. The predicted molar refractivity (Wildman–Crippen MR) is 77.2 cm³/mol. The Morgan fingerprint density at radius 2 is 2.05 bits per heavy atom. The van der Waals surface area contributed by atoms with Crippen molar-refractivity contribution in [2.45, 2.75) is 19.4 Å². The predicted octanol–water partition coefficient (Wildman–Crippen LogP) is 3.05. The Morgan fingerprint density at radius 1 is 1.30 bits per heavy atom. The van der Waals surface area contributed by atoms with Crippen LogP contribution in [0.4, 0.5) is 8.78 Å². The van der Waals surface area contributed by atoms with Crippen LogP contribution in [0.2, 0.25) is 0 Å². The molecule has 0 saturated heterocycles. The summed E-state index contributed by atoms with van der Waals surface area (Å²) in [6, 6.07) is 2.20. The third kappa shape index (κ3) is 3.27. The molecule has 0 unspecified atom stereocenters. The highest BCUT2D eigenvalue weighted by atomic mass is 35.5. The van der Waals surface area contributed by atoms with Crippen LogP contribution in [0.15, 0.2) is 12.1 Å². The van der Waals surface area contributed by atoms with Gasteiger partial charge in [0.2, 0.25) is 0 Å². The average molecular weight is 302 g/mol. The normalized spacial score (nSPS) is 11.7. The van der Waals surface area contributed by atoms with Gasteiger partial charge in [-0.05, 0) is 33.1 Å². The van der Waals surface area contributed by atoms with Crippen molar-refractivity contribution in [1.29, 1.82) is 0 Å². The van der Waals surface area contributed by atoms with Gasteiger partial charge in [0, 0.05) is 24.9 Å². The molecule has 6 heteroatoms. The van der Waals surface area contributed by atoms with Crippen molar-refractivity contribution in [3.63, 3.8) is 0 Å². The number of alkyl halides is 1. The van der Waals surface area contributed by atoms with E-state index in [1.54, 1.807) is 0 Å². The molecular formula is C14H18ClF2N3. The van der Waals surface area contributed by atoms with Crippen LogP contribution in [-0.4, -0.2) is 41.0 Å². The SMILES string of the molecule is CN(C)CCCn1c(CCCl)nc2c(F)cc(F)cc21. The number of benzene rings is 1. The molecule has 1 aromatic heterocycles. The van der Waals surface area contributed by atoms with Gasteiger partial charge >= 0.3 is 0 Å². The van der Waals surface area contributed by atoms with E-state index in [1.807, 2.05) is 18.7 Å². The smallest absolute Gasteiger partial charge is 0.153 e. The first-order valence-corrected chi connectivity index (χ1v) is 7.11. The second-order valence-electron chi connectivity index (χ2n) is 5.03. The highest BCUT2D eigenvalue weighted by Gasteiger charge is 2.15. The number of imidazole rings is 1. The van der Waals surface area contributed by atoms with Gasteiger partial charge in [-0.15, -0.1) is 11.6 Å². The third-order valence-corrected chi connectivity index (χ3v) is 3.35. The summed E-state index contributed by atoms with van der Waals surface area (Å²) < 4.78 is 29.1. The van der Waals surface area contributed by atoms with Crippen molar-refractivity contribution in [2.75, 3.05) is 26.5 Å². The first-order chi connectivity index (χ1) is 9.52. The summed E-state index contributed by atoms with van der Waals surface area (Å²) in [5, 5.41) is 0. The van der Waals surface area contributed by atoms with Crippen LogP contribution in [-0.2, 0) is 13.0 Å². The molecule has 0 N–H and O–H groups in total. The van der Waals surface area contributed by atoms with Crippen LogP contribution in [0.5, 0.6) is 0 Å². The fourth-order valence-corrected chi connectivity index (χ4v) is 2.44. The number of rotatable bonds is 6. The maximum absolute atomic E-state index is 13.8.